The molecule has 8 nitrogen and oxygen atoms in total. The molecule has 40 heavy (non-hydrogen) atoms. The smallest absolute Gasteiger partial charge is 0.331 e. The molecule has 1 aliphatic rings. The summed E-state index contributed by atoms with van der Waals surface area (Å²) in [5.41, 5.74) is 1.80. The Morgan fingerprint density at radius 2 is 1.88 bits per heavy atom. The fourth-order valence-electron chi connectivity index (χ4n) is 4.54. The zero-order valence-electron chi connectivity index (χ0n) is 22.9. The number of hydrogen-bond acceptors (Lipinski definition) is 5. The quantitative estimate of drug-likeness (QED) is 0.211. The van der Waals surface area contributed by atoms with Crippen molar-refractivity contribution < 1.29 is 32.6 Å². The molecule has 0 saturated carbocycles. The average Bonchev–Trinajstić information content (AvgIpc) is 2.97. The third-order valence-corrected chi connectivity index (χ3v) is 7.07. The zero-order chi connectivity index (χ0) is 29.1. The van der Waals surface area contributed by atoms with Gasteiger partial charge < -0.3 is 14.4 Å². The van der Waals surface area contributed by atoms with Gasteiger partial charge in [-0.15, -0.1) is 0 Å². The molecule has 0 radical (unpaired) electrons. The summed E-state index contributed by atoms with van der Waals surface area (Å²) in [5.74, 6) is 0.806. The highest BCUT2D eigenvalue weighted by Gasteiger charge is 2.33. The van der Waals surface area contributed by atoms with Crippen molar-refractivity contribution in [1.82, 2.24) is 9.80 Å². The molecule has 218 valence electrons. The average molecular weight is 580 g/mol. The van der Waals surface area contributed by atoms with Crippen LogP contribution >= 0.6 is 11.6 Å². The van der Waals surface area contributed by atoms with E-state index in [1.54, 1.807) is 53.1 Å². The van der Waals surface area contributed by atoms with Crippen LogP contribution in [0.1, 0.15) is 43.7 Å². The van der Waals surface area contributed by atoms with E-state index in [4.69, 9.17) is 21.1 Å². The number of hydrogen-bond donors (Lipinski definition) is 0. The second-order valence-electron chi connectivity index (χ2n) is 9.72. The number of carbonyl (C=O) groups is 3. The molecule has 0 atom stereocenters. The summed E-state index contributed by atoms with van der Waals surface area (Å²) in [5, 5.41) is 0.385. The molecule has 0 bridgehead atoms. The Hall–Kier alpha value is -3.40. The lowest BCUT2D eigenvalue weighted by atomic mass is 10.0. The van der Waals surface area contributed by atoms with Gasteiger partial charge in [-0.3, -0.25) is 19.4 Å². The number of unbranched alkanes of at least 4 members (excludes halogenated alkanes) is 1. The van der Waals surface area contributed by atoms with Crippen LogP contribution < -0.4 is 14.4 Å². The highest BCUT2D eigenvalue weighted by atomic mass is 35.5. The van der Waals surface area contributed by atoms with Crippen molar-refractivity contribution in [2.75, 3.05) is 37.9 Å². The van der Waals surface area contributed by atoms with E-state index < -0.39 is 25.5 Å². The molecule has 1 aliphatic heterocycles. The number of likely N-dealkylation sites (tertiary alicyclic amines) is 1. The summed E-state index contributed by atoms with van der Waals surface area (Å²) in [6.45, 7) is 3.32. The Bertz CT molecular complexity index is 1140. The number of carbonyl (C=O) groups excluding carboxylic acids is 3. The van der Waals surface area contributed by atoms with E-state index in [1.165, 1.54) is 0 Å². The lowest BCUT2D eigenvalue weighted by Gasteiger charge is -2.39. The molecule has 1 fully saturated rings. The maximum Gasteiger partial charge on any atom is 0.331 e. The normalized spacial score (nSPS) is 13.7. The predicted molar refractivity (Wildman–Crippen MR) is 150 cm³/mol. The maximum absolute atomic E-state index is 13.9. The van der Waals surface area contributed by atoms with Gasteiger partial charge in [0.25, 0.3) is 0 Å². The number of piperidine rings is 1. The standard InChI is InChI=1S/C29H36ClF2N3O5/c1-3-4-13-39-28-8-5-22(15-26(28)30)18-34(20-37)29(38)35(23-9-11-33(19-36)12-10-23)27-7-6-24(14-21(27)2)40-25(16-31)17-32/h5-8,14-15,19-20,23,25H,3-4,9-13,16-18H2,1-2H3. The van der Waals surface area contributed by atoms with Gasteiger partial charge >= 0.3 is 6.03 Å². The third-order valence-electron chi connectivity index (χ3n) is 6.77. The Labute approximate surface area is 238 Å². The highest BCUT2D eigenvalue weighted by Crippen LogP contribution is 2.32. The Morgan fingerprint density at radius 1 is 1.15 bits per heavy atom. The SMILES string of the molecule is CCCCOc1ccc(CN(C=O)C(=O)N(c2ccc(OC(CF)CF)cc2C)C2CCN(C=O)CC2)cc1Cl. The molecular weight excluding hydrogens is 544 g/mol. The van der Waals surface area contributed by atoms with Crippen molar-refractivity contribution in [3.8, 4) is 11.5 Å². The first-order valence-electron chi connectivity index (χ1n) is 13.4. The minimum Gasteiger partial charge on any atom is -0.492 e. The molecule has 3 rings (SSSR count). The van der Waals surface area contributed by atoms with Crippen molar-refractivity contribution in [2.24, 2.45) is 0 Å². The van der Waals surface area contributed by atoms with E-state index in [0.717, 1.165) is 24.2 Å². The Balaban J connectivity index is 1.87. The molecule has 0 spiro atoms. The fourth-order valence-corrected chi connectivity index (χ4v) is 4.80. The maximum atomic E-state index is 13.9. The summed E-state index contributed by atoms with van der Waals surface area (Å²) >= 11 is 6.40. The largest absolute Gasteiger partial charge is 0.492 e. The van der Waals surface area contributed by atoms with E-state index in [9.17, 15) is 23.2 Å². The second kappa shape index (κ2) is 15.4. The van der Waals surface area contributed by atoms with Gasteiger partial charge in [-0.2, -0.15) is 0 Å². The monoisotopic (exact) mass is 579 g/mol. The lowest BCUT2D eigenvalue weighted by molar-refractivity contribution is -0.119. The van der Waals surface area contributed by atoms with Crippen molar-refractivity contribution >= 4 is 36.1 Å². The van der Waals surface area contributed by atoms with Gasteiger partial charge in [0.2, 0.25) is 12.8 Å². The van der Waals surface area contributed by atoms with Gasteiger partial charge in [-0.1, -0.05) is 31.0 Å². The van der Waals surface area contributed by atoms with Crippen LogP contribution in [-0.2, 0) is 16.1 Å². The van der Waals surface area contributed by atoms with Crippen molar-refractivity contribution in [3.05, 3.63) is 52.5 Å². The van der Waals surface area contributed by atoms with Gasteiger partial charge in [0, 0.05) is 24.8 Å². The lowest BCUT2D eigenvalue weighted by Crippen LogP contribution is -2.52. The van der Waals surface area contributed by atoms with E-state index in [1.807, 2.05) is 0 Å². The number of alkyl halides is 2. The van der Waals surface area contributed by atoms with Crippen LogP contribution in [-0.4, -0.2) is 73.8 Å². The summed E-state index contributed by atoms with van der Waals surface area (Å²) in [6, 6.07) is 9.11. The summed E-state index contributed by atoms with van der Waals surface area (Å²) in [6.07, 6.45) is 2.95. The minimum atomic E-state index is -1.21. The zero-order valence-corrected chi connectivity index (χ0v) is 23.6. The molecule has 0 aromatic heterocycles. The number of rotatable bonds is 14. The molecule has 1 saturated heterocycles. The van der Waals surface area contributed by atoms with Crippen LogP contribution in [0.25, 0.3) is 0 Å². The summed E-state index contributed by atoms with van der Waals surface area (Å²) in [7, 11) is 0. The second-order valence-corrected chi connectivity index (χ2v) is 10.1. The molecule has 4 amide bonds. The Kier molecular flexibility index (Phi) is 12.0. The Morgan fingerprint density at radius 3 is 2.45 bits per heavy atom. The van der Waals surface area contributed by atoms with Crippen LogP contribution in [0.2, 0.25) is 5.02 Å². The van der Waals surface area contributed by atoms with Gasteiger partial charge in [0.15, 0.2) is 6.10 Å². The molecule has 0 N–H and O–H groups in total. The summed E-state index contributed by atoms with van der Waals surface area (Å²) in [4.78, 5) is 41.6. The van der Waals surface area contributed by atoms with E-state index in [-0.39, 0.29) is 18.3 Å². The van der Waals surface area contributed by atoms with Gasteiger partial charge in [0.1, 0.15) is 24.8 Å². The van der Waals surface area contributed by atoms with Crippen LogP contribution in [0, 0.1) is 6.92 Å². The van der Waals surface area contributed by atoms with Gasteiger partial charge in [-0.25, -0.2) is 13.6 Å². The fraction of sp³-hybridized carbons (Fsp3) is 0.483. The molecular formula is C29H36ClF2N3O5. The minimum absolute atomic E-state index is 0.0180. The van der Waals surface area contributed by atoms with Gasteiger partial charge in [-0.05, 0) is 67.6 Å². The molecule has 2 aromatic carbocycles. The predicted octanol–water partition coefficient (Wildman–Crippen LogP) is 5.72. The highest BCUT2D eigenvalue weighted by molar-refractivity contribution is 6.32. The van der Waals surface area contributed by atoms with E-state index in [0.29, 0.717) is 66.5 Å². The molecule has 1 heterocycles. The third kappa shape index (κ3) is 8.06. The van der Waals surface area contributed by atoms with Crippen molar-refractivity contribution in [1.29, 1.82) is 0 Å². The first-order valence-corrected chi connectivity index (χ1v) is 13.8. The molecule has 0 unspecified atom stereocenters. The van der Waals surface area contributed by atoms with Crippen LogP contribution in [0.3, 0.4) is 0 Å². The number of urea groups is 1. The first kappa shape index (κ1) is 31.1. The van der Waals surface area contributed by atoms with Crippen molar-refractivity contribution in [2.45, 2.75) is 58.2 Å². The van der Waals surface area contributed by atoms with Crippen LogP contribution in [0.15, 0.2) is 36.4 Å². The molecule has 0 aliphatic carbocycles. The number of anilines is 1. The molecule has 11 heteroatoms. The number of aryl methyl sites for hydroxylation is 1. The number of nitrogens with zero attached hydrogens (tertiary/aromatic N) is 3. The summed E-state index contributed by atoms with van der Waals surface area (Å²) < 4.78 is 37.0. The van der Waals surface area contributed by atoms with E-state index >= 15 is 0 Å². The number of amides is 4. The van der Waals surface area contributed by atoms with Gasteiger partial charge in [0.05, 0.1) is 18.2 Å². The number of halogens is 3. The number of benzene rings is 2. The number of ether oxygens (including phenoxy) is 2. The van der Waals surface area contributed by atoms with E-state index in [2.05, 4.69) is 6.92 Å². The number of imide groups is 1. The molecule has 2 aromatic rings. The first-order chi connectivity index (χ1) is 19.3. The topological polar surface area (TPSA) is 79.4 Å². The van der Waals surface area contributed by atoms with Crippen LogP contribution in [0.5, 0.6) is 11.5 Å². The van der Waals surface area contributed by atoms with Crippen LogP contribution in [0.4, 0.5) is 19.3 Å². The van der Waals surface area contributed by atoms with Crippen molar-refractivity contribution in [3.63, 3.8) is 0 Å².